The van der Waals surface area contributed by atoms with E-state index in [0.717, 1.165) is 42.9 Å². The molecule has 112 valence electrons. The molecule has 7 nitrogen and oxygen atoms in total. The lowest BCUT2D eigenvalue weighted by molar-refractivity contribution is 0.630. The van der Waals surface area contributed by atoms with Crippen LogP contribution in [0.4, 0.5) is 11.1 Å². The third-order valence-corrected chi connectivity index (χ3v) is 4.54. The average molecular weight is 313 g/mol. The molecule has 1 saturated heterocycles. The molecule has 0 amide bonds. The molecular weight excluding hydrogens is 298 g/mol. The molecule has 1 aliphatic rings. The highest BCUT2D eigenvalue weighted by molar-refractivity contribution is 7.13. The molecule has 1 aliphatic heterocycles. The SMILES string of the molecule is c1ccc(-n2nnnc2N2CCN(c3nccs3)CC2)cc1. The Kier molecular flexibility index (Phi) is 3.43. The van der Waals surface area contributed by atoms with Gasteiger partial charge in [0.25, 0.3) is 0 Å². The summed E-state index contributed by atoms with van der Waals surface area (Å²) in [4.78, 5) is 8.90. The van der Waals surface area contributed by atoms with Gasteiger partial charge < -0.3 is 9.80 Å². The number of piperazine rings is 1. The van der Waals surface area contributed by atoms with Gasteiger partial charge in [0.2, 0.25) is 5.95 Å². The molecule has 4 rings (SSSR count). The zero-order valence-electron chi connectivity index (χ0n) is 11.9. The lowest BCUT2D eigenvalue weighted by Crippen LogP contribution is -2.47. The highest BCUT2D eigenvalue weighted by Crippen LogP contribution is 2.21. The van der Waals surface area contributed by atoms with Gasteiger partial charge in [-0.2, -0.15) is 4.68 Å². The molecule has 0 N–H and O–H groups in total. The first-order chi connectivity index (χ1) is 10.9. The predicted molar refractivity (Wildman–Crippen MR) is 85.7 cm³/mol. The summed E-state index contributed by atoms with van der Waals surface area (Å²) in [5.41, 5.74) is 0.977. The van der Waals surface area contributed by atoms with E-state index in [1.54, 1.807) is 16.0 Å². The second-order valence-electron chi connectivity index (χ2n) is 5.02. The van der Waals surface area contributed by atoms with E-state index in [4.69, 9.17) is 0 Å². The lowest BCUT2D eigenvalue weighted by Gasteiger charge is -2.34. The number of tetrazole rings is 1. The fourth-order valence-corrected chi connectivity index (χ4v) is 3.28. The summed E-state index contributed by atoms with van der Waals surface area (Å²) in [6, 6.07) is 9.97. The number of para-hydroxylation sites is 1. The van der Waals surface area contributed by atoms with Crippen LogP contribution < -0.4 is 9.80 Å². The van der Waals surface area contributed by atoms with E-state index in [1.807, 2.05) is 41.9 Å². The van der Waals surface area contributed by atoms with Gasteiger partial charge in [-0.15, -0.1) is 11.3 Å². The van der Waals surface area contributed by atoms with Crippen molar-refractivity contribution in [1.82, 2.24) is 25.2 Å². The van der Waals surface area contributed by atoms with Crippen molar-refractivity contribution in [3.05, 3.63) is 41.9 Å². The van der Waals surface area contributed by atoms with Gasteiger partial charge in [-0.1, -0.05) is 23.3 Å². The minimum Gasteiger partial charge on any atom is -0.345 e. The van der Waals surface area contributed by atoms with Crippen molar-refractivity contribution in [3.63, 3.8) is 0 Å². The molecule has 0 aliphatic carbocycles. The average Bonchev–Trinajstić information content (AvgIpc) is 3.28. The van der Waals surface area contributed by atoms with Gasteiger partial charge in [-0.3, -0.25) is 0 Å². The number of hydrogen-bond acceptors (Lipinski definition) is 7. The first kappa shape index (κ1) is 13.2. The summed E-state index contributed by atoms with van der Waals surface area (Å²) in [7, 11) is 0. The van der Waals surface area contributed by atoms with E-state index in [9.17, 15) is 0 Å². The van der Waals surface area contributed by atoms with Crippen molar-refractivity contribution in [2.45, 2.75) is 0 Å². The van der Waals surface area contributed by atoms with Gasteiger partial charge in [0.05, 0.1) is 5.69 Å². The van der Waals surface area contributed by atoms with Crippen LogP contribution in [0.15, 0.2) is 41.9 Å². The molecule has 3 heterocycles. The van der Waals surface area contributed by atoms with Crippen molar-refractivity contribution >= 4 is 22.4 Å². The molecule has 0 spiro atoms. The molecule has 3 aromatic rings. The summed E-state index contributed by atoms with van der Waals surface area (Å²) in [6.07, 6.45) is 1.85. The van der Waals surface area contributed by atoms with Crippen LogP contribution in [0.3, 0.4) is 0 Å². The standard InChI is InChI=1S/C14H15N7S/c1-2-4-12(5-3-1)21-13(16-17-18-21)19-7-9-20(10-8-19)14-15-6-11-22-14/h1-6,11H,7-10H2. The Morgan fingerprint density at radius 3 is 2.45 bits per heavy atom. The van der Waals surface area contributed by atoms with E-state index in [0.29, 0.717) is 0 Å². The van der Waals surface area contributed by atoms with Gasteiger partial charge in [-0.05, 0) is 22.6 Å². The van der Waals surface area contributed by atoms with Crippen LogP contribution in [0.25, 0.3) is 5.69 Å². The van der Waals surface area contributed by atoms with Crippen molar-refractivity contribution in [1.29, 1.82) is 0 Å². The van der Waals surface area contributed by atoms with Gasteiger partial charge in [-0.25, -0.2) is 4.98 Å². The quantitative estimate of drug-likeness (QED) is 0.729. The van der Waals surface area contributed by atoms with Crippen LogP contribution in [0.1, 0.15) is 0 Å². The Bertz CT molecular complexity index is 717. The Labute approximate surface area is 131 Å². The zero-order valence-corrected chi connectivity index (χ0v) is 12.7. The normalized spacial score (nSPS) is 15.3. The minimum absolute atomic E-state index is 0.796. The van der Waals surface area contributed by atoms with Crippen LogP contribution in [-0.2, 0) is 0 Å². The number of hydrogen-bond donors (Lipinski definition) is 0. The Hall–Kier alpha value is -2.48. The molecule has 0 radical (unpaired) electrons. The van der Waals surface area contributed by atoms with Crippen molar-refractivity contribution in [2.75, 3.05) is 36.0 Å². The van der Waals surface area contributed by atoms with Crippen LogP contribution in [0.5, 0.6) is 0 Å². The number of nitrogens with zero attached hydrogens (tertiary/aromatic N) is 7. The minimum atomic E-state index is 0.796. The summed E-state index contributed by atoms with van der Waals surface area (Å²) < 4.78 is 1.79. The van der Waals surface area contributed by atoms with Crippen LogP contribution in [0, 0.1) is 0 Å². The van der Waals surface area contributed by atoms with E-state index in [1.165, 1.54) is 0 Å². The Balaban J connectivity index is 1.52. The van der Waals surface area contributed by atoms with Crippen LogP contribution in [0.2, 0.25) is 0 Å². The summed E-state index contributed by atoms with van der Waals surface area (Å²) >= 11 is 1.68. The van der Waals surface area contributed by atoms with Gasteiger partial charge >= 0.3 is 0 Å². The maximum Gasteiger partial charge on any atom is 0.250 e. The molecule has 0 atom stereocenters. The van der Waals surface area contributed by atoms with E-state index < -0.39 is 0 Å². The summed E-state index contributed by atoms with van der Waals surface area (Å²) in [5.74, 6) is 0.796. The molecule has 1 fully saturated rings. The molecular formula is C14H15N7S. The van der Waals surface area contributed by atoms with Crippen LogP contribution in [-0.4, -0.2) is 51.4 Å². The predicted octanol–water partition coefficient (Wildman–Crippen LogP) is 1.45. The second kappa shape index (κ2) is 5.72. The van der Waals surface area contributed by atoms with Gasteiger partial charge in [0.1, 0.15) is 0 Å². The van der Waals surface area contributed by atoms with E-state index >= 15 is 0 Å². The smallest absolute Gasteiger partial charge is 0.250 e. The van der Waals surface area contributed by atoms with Crippen LogP contribution >= 0.6 is 11.3 Å². The van der Waals surface area contributed by atoms with Gasteiger partial charge in [0, 0.05) is 37.8 Å². The molecule has 1 aromatic carbocycles. The molecule has 0 unspecified atom stereocenters. The zero-order chi connectivity index (χ0) is 14.8. The molecule has 0 saturated carbocycles. The molecule has 2 aromatic heterocycles. The monoisotopic (exact) mass is 313 g/mol. The third kappa shape index (κ3) is 2.41. The highest BCUT2D eigenvalue weighted by Gasteiger charge is 2.23. The third-order valence-electron chi connectivity index (χ3n) is 3.71. The maximum absolute atomic E-state index is 4.37. The first-order valence-corrected chi connectivity index (χ1v) is 8.03. The van der Waals surface area contributed by atoms with Gasteiger partial charge in [0.15, 0.2) is 5.13 Å². The second-order valence-corrected chi connectivity index (χ2v) is 5.89. The molecule has 8 heteroatoms. The summed E-state index contributed by atoms with van der Waals surface area (Å²) in [6.45, 7) is 3.61. The fourth-order valence-electron chi connectivity index (χ4n) is 2.59. The van der Waals surface area contributed by atoms with Crippen molar-refractivity contribution in [3.8, 4) is 5.69 Å². The maximum atomic E-state index is 4.37. The molecule has 0 bridgehead atoms. The Morgan fingerprint density at radius 1 is 0.955 bits per heavy atom. The molecule has 22 heavy (non-hydrogen) atoms. The number of rotatable bonds is 3. The highest BCUT2D eigenvalue weighted by atomic mass is 32.1. The first-order valence-electron chi connectivity index (χ1n) is 7.15. The number of aromatic nitrogens is 5. The van der Waals surface area contributed by atoms with E-state index in [-0.39, 0.29) is 0 Å². The number of thiazole rings is 1. The fraction of sp³-hybridized carbons (Fsp3) is 0.286. The largest absolute Gasteiger partial charge is 0.345 e. The lowest BCUT2D eigenvalue weighted by atomic mass is 10.3. The summed E-state index contributed by atoms with van der Waals surface area (Å²) in [5, 5.41) is 15.3. The Morgan fingerprint density at radius 2 is 1.73 bits per heavy atom. The van der Waals surface area contributed by atoms with Crippen molar-refractivity contribution in [2.24, 2.45) is 0 Å². The van der Waals surface area contributed by atoms with E-state index in [2.05, 4.69) is 30.3 Å². The van der Waals surface area contributed by atoms with Crippen molar-refractivity contribution < 1.29 is 0 Å². The number of anilines is 2. The topological polar surface area (TPSA) is 63.0 Å². The number of benzene rings is 1.